The number of nitrogens with zero attached hydrogens (tertiary/aromatic N) is 4. The van der Waals surface area contributed by atoms with E-state index in [1.54, 1.807) is 42.5 Å². The molecule has 0 N–H and O–H groups in total. The molecule has 2 atom stereocenters. The summed E-state index contributed by atoms with van der Waals surface area (Å²) in [7, 11) is 1.62. The minimum Gasteiger partial charge on any atom is -0.384 e. The Labute approximate surface area is 184 Å². The molecule has 168 valence electrons. The fraction of sp³-hybridized carbons (Fsp3) is 0.435. The maximum Gasteiger partial charge on any atom is 0.417 e. The van der Waals surface area contributed by atoms with E-state index in [-0.39, 0.29) is 17.2 Å². The molecule has 1 amide bonds. The lowest BCUT2D eigenvalue weighted by Crippen LogP contribution is -2.50. The summed E-state index contributed by atoms with van der Waals surface area (Å²) in [6.07, 6.45) is -0.769. The second-order valence-electron chi connectivity index (χ2n) is 8.46. The van der Waals surface area contributed by atoms with Gasteiger partial charge in [-0.05, 0) is 36.8 Å². The molecule has 0 aliphatic carbocycles. The van der Waals surface area contributed by atoms with Gasteiger partial charge in [0.15, 0.2) is 0 Å². The molecule has 2 saturated heterocycles. The molecule has 1 aromatic carbocycles. The van der Waals surface area contributed by atoms with Crippen LogP contribution in [-0.4, -0.2) is 55.7 Å². The lowest BCUT2D eigenvalue weighted by Gasteiger charge is -2.43. The molecule has 0 saturated carbocycles. The van der Waals surface area contributed by atoms with E-state index in [0.29, 0.717) is 50.5 Å². The minimum atomic E-state index is -4.61. The number of hydrogen-bond acceptors (Lipinski definition) is 5. The largest absolute Gasteiger partial charge is 0.417 e. The SMILES string of the molecule is COC[C@@]12CCN(C(=O)c3cccnc3)C[C@@H]1CN(c1ccc(C#N)c(C(F)(F)F)c1)C2. The molecule has 3 heterocycles. The van der Waals surface area contributed by atoms with Crippen molar-refractivity contribution in [3.63, 3.8) is 0 Å². The van der Waals surface area contributed by atoms with Gasteiger partial charge in [0, 0.05) is 62.7 Å². The number of ether oxygens (including phenoxy) is 1. The van der Waals surface area contributed by atoms with Crippen molar-refractivity contribution >= 4 is 11.6 Å². The smallest absolute Gasteiger partial charge is 0.384 e. The van der Waals surface area contributed by atoms with Crippen molar-refractivity contribution in [3.05, 3.63) is 59.4 Å². The van der Waals surface area contributed by atoms with Crippen LogP contribution in [0.1, 0.15) is 27.9 Å². The Morgan fingerprint density at radius 2 is 2.16 bits per heavy atom. The van der Waals surface area contributed by atoms with Crippen LogP contribution in [0.25, 0.3) is 0 Å². The van der Waals surface area contributed by atoms with Crippen molar-refractivity contribution in [2.24, 2.45) is 11.3 Å². The van der Waals surface area contributed by atoms with Crippen molar-refractivity contribution in [2.75, 3.05) is 44.8 Å². The summed E-state index contributed by atoms with van der Waals surface area (Å²) in [5, 5.41) is 9.07. The third kappa shape index (κ3) is 4.02. The summed E-state index contributed by atoms with van der Waals surface area (Å²) in [6, 6.07) is 8.90. The van der Waals surface area contributed by atoms with Gasteiger partial charge >= 0.3 is 6.18 Å². The van der Waals surface area contributed by atoms with Crippen LogP contribution in [0.15, 0.2) is 42.7 Å². The molecule has 0 unspecified atom stereocenters. The third-order valence-corrected chi connectivity index (χ3v) is 6.55. The average Bonchev–Trinajstić information content (AvgIpc) is 3.17. The molecule has 2 fully saturated rings. The van der Waals surface area contributed by atoms with Crippen molar-refractivity contribution < 1.29 is 22.7 Å². The lowest BCUT2D eigenvalue weighted by atomic mass is 9.73. The average molecular weight is 444 g/mol. The summed E-state index contributed by atoms with van der Waals surface area (Å²) in [5.74, 6) is -0.0536. The Kier molecular flexibility index (Phi) is 5.82. The molecular formula is C23H23F3N4O2. The Morgan fingerprint density at radius 1 is 1.34 bits per heavy atom. The fourth-order valence-corrected chi connectivity index (χ4v) is 4.92. The molecular weight excluding hydrogens is 421 g/mol. The zero-order valence-corrected chi connectivity index (χ0v) is 17.6. The Bertz CT molecular complexity index is 1040. The van der Waals surface area contributed by atoms with Crippen LogP contribution >= 0.6 is 0 Å². The van der Waals surface area contributed by atoms with Crippen LogP contribution in [-0.2, 0) is 10.9 Å². The van der Waals surface area contributed by atoms with Crippen molar-refractivity contribution in [2.45, 2.75) is 12.6 Å². The monoisotopic (exact) mass is 444 g/mol. The molecule has 9 heteroatoms. The summed E-state index contributed by atoms with van der Waals surface area (Å²) in [5.41, 5.74) is -0.638. The van der Waals surface area contributed by atoms with Gasteiger partial charge in [-0.1, -0.05) is 0 Å². The highest BCUT2D eigenvalue weighted by atomic mass is 19.4. The van der Waals surface area contributed by atoms with Crippen LogP contribution in [0, 0.1) is 22.7 Å². The number of pyridine rings is 1. The van der Waals surface area contributed by atoms with E-state index in [9.17, 15) is 18.0 Å². The minimum absolute atomic E-state index is 0.0433. The van der Waals surface area contributed by atoms with E-state index >= 15 is 0 Å². The van der Waals surface area contributed by atoms with Gasteiger partial charge in [0.25, 0.3) is 5.91 Å². The fourth-order valence-electron chi connectivity index (χ4n) is 4.92. The van der Waals surface area contributed by atoms with E-state index in [1.165, 1.54) is 12.3 Å². The third-order valence-electron chi connectivity index (χ3n) is 6.55. The van der Waals surface area contributed by atoms with Gasteiger partial charge in [0.1, 0.15) is 0 Å². The van der Waals surface area contributed by atoms with Gasteiger partial charge in [0.05, 0.1) is 29.4 Å². The van der Waals surface area contributed by atoms with Crippen LogP contribution in [0.5, 0.6) is 0 Å². The highest BCUT2D eigenvalue weighted by Gasteiger charge is 2.50. The molecule has 6 nitrogen and oxygen atoms in total. The number of hydrogen-bond donors (Lipinski definition) is 0. The van der Waals surface area contributed by atoms with Crippen molar-refractivity contribution in [1.82, 2.24) is 9.88 Å². The number of carbonyl (C=O) groups excluding carboxylic acids is 1. The first-order chi connectivity index (χ1) is 15.3. The van der Waals surface area contributed by atoms with E-state index in [2.05, 4.69) is 4.98 Å². The van der Waals surface area contributed by atoms with E-state index in [4.69, 9.17) is 10.00 Å². The van der Waals surface area contributed by atoms with Gasteiger partial charge in [-0.25, -0.2) is 0 Å². The van der Waals surface area contributed by atoms with Gasteiger partial charge in [-0.2, -0.15) is 18.4 Å². The van der Waals surface area contributed by atoms with Gasteiger partial charge in [0.2, 0.25) is 0 Å². The second kappa shape index (κ2) is 8.43. The van der Waals surface area contributed by atoms with Crippen LogP contribution in [0.3, 0.4) is 0 Å². The number of nitriles is 1. The summed E-state index contributed by atoms with van der Waals surface area (Å²) < 4.78 is 45.9. The number of halogens is 3. The normalized spacial score (nSPS) is 23.0. The first-order valence-electron chi connectivity index (χ1n) is 10.3. The molecule has 32 heavy (non-hydrogen) atoms. The van der Waals surface area contributed by atoms with Crippen molar-refractivity contribution in [1.29, 1.82) is 5.26 Å². The number of aromatic nitrogens is 1. The van der Waals surface area contributed by atoms with Crippen LogP contribution < -0.4 is 4.90 Å². The number of likely N-dealkylation sites (tertiary alicyclic amines) is 1. The van der Waals surface area contributed by atoms with E-state index in [0.717, 1.165) is 6.07 Å². The molecule has 0 spiro atoms. The number of amides is 1. The molecule has 2 aromatic rings. The Balaban J connectivity index is 1.59. The number of piperidine rings is 1. The summed E-state index contributed by atoms with van der Waals surface area (Å²) in [4.78, 5) is 20.6. The van der Waals surface area contributed by atoms with Crippen LogP contribution in [0.2, 0.25) is 0 Å². The number of carbonyl (C=O) groups is 1. The van der Waals surface area contributed by atoms with Gasteiger partial charge < -0.3 is 14.5 Å². The molecule has 0 radical (unpaired) electrons. The number of fused-ring (bicyclic) bond motifs is 1. The van der Waals surface area contributed by atoms with Gasteiger partial charge in [-0.3, -0.25) is 9.78 Å². The highest BCUT2D eigenvalue weighted by Crippen LogP contribution is 2.45. The molecule has 2 aliphatic heterocycles. The number of anilines is 1. The highest BCUT2D eigenvalue weighted by molar-refractivity contribution is 5.94. The van der Waals surface area contributed by atoms with Crippen LogP contribution in [0.4, 0.5) is 18.9 Å². The number of methoxy groups -OCH3 is 1. The maximum absolute atomic E-state index is 13.5. The first kappa shape index (κ1) is 22.1. The quantitative estimate of drug-likeness (QED) is 0.721. The first-order valence-corrected chi connectivity index (χ1v) is 10.3. The number of benzene rings is 1. The van der Waals surface area contributed by atoms with Crippen molar-refractivity contribution in [3.8, 4) is 6.07 Å². The lowest BCUT2D eigenvalue weighted by molar-refractivity contribution is -0.137. The zero-order valence-electron chi connectivity index (χ0n) is 17.6. The Hall–Kier alpha value is -3.12. The second-order valence-corrected chi connectivity index (χ2v) is 8.46. The maximum atomic E-state index is 13.5. The number of rotatable bonds is 4. The summed E-state index contributed by atoms with van der Waals surface area (Å²) in [6.45, 7) is 2.54. The van der Waals surface area contributed by atoms with E-state index < -0.39 is 17.3 Å². The van der Waals surface area contributed by atoms with E-state index in [1.807, 2.05) is 4.90 Å². The van der Waals surface area contributed by atoms with Gasteiger partial charge in [-0.15, -0.1) is 0 Å². The molecule has 2 aliphatic rings. The predicted octanol–water partition coefficient (Wildman–Crippen LogP) is 3.59. The molecule has 4 rings (SSSR count). The number of alkyl halides is 3. The predicted molar refractivity (Wildman–Crippen MR) is 111 cm³/mol. The molecule has 0 bridgehead atoms. The zero-order chi connectivity index (χ0) is 22.9. The standard InChI is InChI=1S/C23H23F3N4O2/c1-32-15-22-6-8-29(21(31)17-3-2-7-28-11-17)12-18(22)13-30(14-22)19-5-4-16(10-27)20(9-19)23(24,25)26/h2-5,7,9,11,18H,6,8,12-15H2,1H3/t18-,22+/m1/s1. The Morgan fingerprint density at radius 3 is 2.81 bits per heavy atom. The topological polar surface area (TPSA) is 69.5 Å². The summed E-state index contributed by atoms with van der Waals surface area (Å²) >= 11 is 0. The molecule has 1 aromatic heterocycles.